The molecule has 0 aromatic carbocycles. The molecule has 1 amide bonds. The number of likely N-dealkylation sites (tertiary alicyclic amines) is 1. The zero-order valence-corrected chi connectivity index (χ0v) is 12.7. The molecular weight excluding hydrogens is 264 g/mol. The van der Waals surface area contributed by atoms with Crippen LogP contribution in [0.25, 0.3) is 0 Å². The molecule has 21 heavy (non-hydrogen) atoms. The lowest BCUT2D eigenvalue weighted by molar-refractivity contribution is -0.121. The zero-order chi connectivity index (χ0) is 14.7. The van der Waals surface area contributed by atoms with Crippen molar-refractivity contribution in [2.75, 3.05) is 44.7 Å². The van der Waals surface area contributed by atoms with Gasteiger partial charge in [0.15, 0.2) is 0 Å². The summed E-state index contributed by atoms with van der Waals surface area (Å²) in [6.07, 6.45) is 6.21. The van der Waals surface area contributed by atoms with E-state index in [4.69, 9.17) is 0 Å². The van der Waals surface area contributed by atoms with Crippen molar-refractivity contribution >= 4 is 12.2 Å². The minimum absolute atomic E-state index is 0.194. The number of carbonyl (C=O) groups excluding carboxylic acids is 1. The first-order valence-corrected chi connectivity index (χ1v) is 7.89. The van der Waals surface area contributed by atoms with Crippen LogP contribution in [-0.2, 0) is 4.79 Å². The third-order valence-electron chi connectivity index (χ3n) is 4.66. The summed E-state index contributed by atoms with van der Waals surface area (Å²) >= 11 is 0. The van der Waals surface area contributed by atoms with Crippen molar-refractivity contribution in [3.8, 4) is 0 Å². The minimum atomic E-state index is 0.194. The molecule has 3 rings (SSSR count). The Labute approximate surface area is 126 Å². The fourth-order valence-corrected chi connectivity index (χ4v) is 3.37. The van der Waals surface area contributed by atoms with E-state index in [0.29, 0.717) is 0 Å². The van der Waals surface area contributed by atoms with Gasteiger partial charge in [0.05, 0.1) is 6.04 Å². The maximum Gasteiger partial charge on any atom is 0.210 e. The highest BCUT2D eigenvalue weighted by Gasteiger charge is 2.27. The number of rotatable bonds is 3. The van der Waals surface area contributed by atoms with Gasteiger partial charge in [0.1, 0.15) is 5.82 Å². The van der Waals surface area contributed by atoms with Crippen molar-refractivity contribution in [3.05, 3.63) is 23.9 Å². The highest BCUT2D eigenvalue weighted by molar-refractivity contribution is 5.54. The third-order valence-corrected chi connectivity index (χ3v) is 4.66. The minimum Gasteiger partial charge on any atom is -0.354 e. The molecule has 1 aromatic heterocycles. The lowest BCUT2D eigenvalue weighted by Crippen LogP contribution is -2.45. The summed E-state index contributed by atoms with van der Waals surface area (Å²) < 4.78 is 0. The molecule has 2 aliphatic heterocycles. The van der Waals surface area contributed by atoms with Crippen LogP contribution in [0.5, 0.6) is 0 Å². The predicted octanol–water partition coefficient (Wildman–Crippen LogP) is 1.52. The Balaban J connectivity index is 1.86. The van der Waals surface area contributed by atoms with E-state index in [-0.39, 0.29) is 6.04 Å². The SMILES string of the molecule is CN1CCN(c2ncccc2[C@H]2CCCCN2C=O)CC1. The molecular formula is C16H24N4O. The second kappa shape index (κ2) is 6.43. The fraction of sp³-hybridized carbons (Fsp3) is 0.625. The lowest BCUT2D eigenvalue weighted by Gasteiger charge is -2.38. The molecule has 114 valence electrons. The average molecular weight is 288 g/mol. The van der Waals surface area contributed by atoms with E-state index in [1.165, 1.54) is 12.0 Å². The fourth-order valence-electron chi connectivity index (χ4n) is 3.37. The molecule has 1 aromatic rings. The topological polar surface area (TPSA) is 39.7 Å². The molecule has 0 radical (unpaired) electrons. The first kappa shape index (κ1) is 14.3. The van der Waals surface area contributed by atoms with Gasteiger partial charge < -0.3 is 14.7 Å². The maximum atomic E-state index is 11.4. The quantitative estimate of drug-likeness (QED) is 0.791. The van der Waals surface area contributed by atoms with Gasteiger partial charge in [-0.2, -0.15) is 0 Å². The Hall–Kier alpha value is -1.62. The Bertz CT molecular complexity index is 485. The number of hydrogen-bond acceptors (Lipinski definition) is 4. The maximum absolute atomic E-state index is 11.4. The third kappa shape index (κ3) is 3.02. The molecule has 5 heteroatoms. The number of piperazine rings is 1. The van der Waals surface area contributed by atoms with E-state index in [1.807, 2.05) is 17.2 Å². The van der Waals surface area contributed by atoms with Crippen molar-refractivity contribution in [2.24, 2.45) is 0 Å². The van der Waals surface area contributed by atoms with Crippen LogP contribution < -0.4 is 4.90 Å². The molecule has 0 aliphatic carbocycles. The van der Waals surface area contributed by atoms with Gasteiger partial charge in [0.2, 0.25) is 6.41 Å². The second-order valence-corrected chi connectivity index (χ2v) is 6.06. The Morgan fingerprint density at radius 2 is 2.00 bits per heavy atom. The van der Waals surface area contributed by atoms with Gasteiger partial charge >= 0.3 is 0 Å². The Morgan fingerprint density at radius 1 is 1.19 bits per heavy atom. The summed E-state index contributed by atoms with van der Waals surface area (Å²) in [7, 11) is 2.16. The lowest BCUT2D eigenvalue weighted by atomic mass is 9.95. The van der Waals surface area contributed by atoms with Crippen LogP contribution in [0.15, 0.2) is 18.3 Å². The van der Waals surface area contributed by atoms with Crippen LogP contribution in [0.1, 0.15) is 30.9 Å². The molecule has 0 unspecified atom stereocenters. The van der Waals surface area contributed by atoms with Crippen molar-refractivity contribution in [1.82, 2.24) is 14.8 Å². The van der Waals surface area contributed by atoms with E-state index >= 15 is 0 Å². The van der Waals surface area contributed by atoms with Gasteiger partial charge in [0, 0.05) is 44.5 Å². The number of carbonyl (C=O) groups is 1. The van der Waals surface area contributed by atoms with E-state index < -0.39 is 0 Å². The smallest absolute Gasteiger partial charge is 0.210 e. The van der Waals surface area contributed by atoms with E-state index in [2.05, 4.69) is 27.9 Å². The summed E-state index contributed by atoms with van der Waals surface area (Å²) in [4.78, 5) is 22.7. The number of amides is 1. The summed E-state index contributed by atoms with van der Waals surface area (Å²) in [5.41, 5.74) is 1.22. The van der Waals surface area contributed by atoms with E-state index in [1.54, 1.807) is 0 Å². The molecule has 0 saturated carbocycles. The molecule has 2 fully saturated rings. The van der Waals surface area contributed by atoms with Crippen molar-refractivity contribution in [2.45, 2.75) is 25.3 Å². The highest BCUT2D eigenvalue weighted by Crippen LogP contribution is 2.34. The monoisotopic (exact) mass is 288 g/mol. The van der Waals surface area contributed by atoms with Gasteiger partial charge in [-0.05, 0) is 32.4 Å². The summed E-state index contributed by atoms with van der Waals surface area (Å²) in [5.74, 6) is 1.07. The highest BCUT2D eigenvalue weighted by atomic mass is 16.1. The van der Waals surface area contributed by atoms with Crippen molar-refractivity contribution < 1.29 is 4.79 Å². The number of piperidine rings is 1. The largest absolute Gasteiger partial charge is 0.354 e. The van der Waals surface area contributed by atoms with Crippen LogP contribution in [0.4, 0.5) is 5.82 Å². The summed E-state index contributed by atoms with van der Waals surface area (Å²) in [6, 6.07) is 4.33. The van der Waals surface area contributed by atoms with Crippen LogP contribution in [0.2, 0.25) is 0 Å². The molecule has 2 saturated heterocycles. The number of nitrogens with zero attached hydrogens (tertiary/aromatic N) is 4. The van der Waals surface area contributed by atoms with Crippen LogP contribution in [0.3, 0.4) is 0 Å². The number of pyridine rings is 1. The van der Waals surface area contributed by atoms with E-state index in [0.717, 1.165) is 57.8 Å². The predicted molar refractivity (Wildman–Crippen MR) is 83.3 cm³/mol. The van der Waals surface area contributed by atoms with Crippen molar-refractivity contribution in [1.29, 1.82) is 0 Å². The molecule has 2 aliphatic rings. The van der Waals surface area contributed by atoms with Crippen LogP contribution in [-0.4, -0.2) is 61.0 Å². The Kier molecular flexibility index (Phi) is 4.39. The molecule has 1 atom stereocenters. The first-order valence-electron chi connectivity index (χ1n) is 7.89. The molecule has 0 spiro atoms. The number of likely N-dealkylation sites (N-methyl/N-ethyl adjacent to an activating group) is 1. The number of aromatic nitrogens is 1. The van der Waals surface area contributed by atoms with Gasteiger partial charge in [-0.3, -0.25) is 4.79 Å². The van der Waals surface area contributed by atoms with Crippen molar-refractivity contribution in [3.63, 3.8) is 0 Å². The average Bonchev–Trinajstić information content (AvgIpc) is 2.55. The summed E-state index contributed by atoms with van der Waals surface area (Å²) in [5, 5.41) is 0. The number of hydrogen-bond donors (Lipinski definition) is 0. The molecule has 0 N–H and O–H groups in total. The standard InChI is InChI=1S/C16H24N4O/c1-18-9-11-19(12-10-18)16-14(5-4-7-17-16)15-6-2-3-8-20(15)13-21/h4-5,7,13,15H,2-3,6,8-12H2,1H3/t15-/m1/s1. The molecule has 3 heterocycles. The zero-order valence-electron chi connectivity index (χ0n) is 12.7. The van der Waals surface area contributed by atoms with Gasteiger partial charge in [-0.25, -0.2) is 4.98 Å². The normalized spacial score (nSPS) is 24.1. The van der Waals surface area contributed by atoms with E-state index in [9.17, 15) is 4.79 Å². The van der Waals surface area contributed by atoms with Gasteiger partial charge in [-0.1, -0.05) is 6.07 Å². The Morgan fingerprint density at radius 3 is 2.76 bits per heavy atom. The van der Waals surface area contributed by atoms with Gasteiger partial charge in [0.25, 0.3) is 0 Å². The molecule has 0 bridgehead atoms. The van der Waals surface area contributed by atoms with Crippen LogP contribution >= 0.6 is 0 Å². The second-order valence-electron chi connectivity index (χ2n) is 6.06. The van der Waals surface area contributed by atoms with Gasteiger partial charge in [-0.15, -0.1) is 0 Å². The van der Waals surface area contributed by atoms with Crippen LogP contribution in [0, 0.1) is 0 Å². The molecule has 5 nitrogen and oxygen atoms in total. The first-order chi connectivity index (χ1) is 10.3. The number of anilines is 1. The summed E-state index contributed by atoms with van der Waals surface area (Å²) in [6.45, 7) is 5.02.